The zero-order valence-electron chi connectivity index (χ0n) is 14.9. The Morgan fingerprint density at radius 3 is 2.32 bits per heavy atom. The molecule has 0 aliphatic rings. The highest BCUT2D eigenvalue weighted by atomic mass is 35.5. The Labute approximate surface area is 184 Å². The Balaban J connectivity index is 1.73. The molecule has 0 radical (unpaired) electrons. The quantitative estimate of drug-likeness (QED) is 0.399. The topological polar surface area (TPSA) is 30.5 Å². The molecule has 146 valence electrons. The van der Waals surface area contributed by atoms with Crippen LogP contribution in [0.15, 0.2) is 54.6 Å². The first-order valence-corrected chi connectivity index (χ1v) is 9.90. The fraction of sp³-hybridized carbons (Fsp3) is 0.143. The fourth-order valence-electron chi connectivity index (χ4n) is 2.60. The number of halogens is 4. The zero-order valence-corrected chi connectivity index (χ0v) is 18.0. The lowest BCUT2D eigenvalue weighted by atomic mass is 10.2. The van der Waals surface area contributed by atoms with Gasteiger partial charge in [-0.3, -0.25) is 0 Å². The minimum Gasteiger partial charge on any atom is -0.493 e. The Kier molecular flexibility index (Phi) is 7.19. The van der Waals surface area contributed by atoms with Crippen LogP contribution in [0.25, 0.3) is 0 Å². The normalized spacial score (nSPS) is 10.6. The molecule has 0 saturated carbocycles. The second kappa shape index (κ2) is 9.62. The zero-order chi connectivity index (χ0) is 20.1. The van der Waals surface area contributed by atoms with Crippen LogP contribution in [0, 0.1) is 0 Å². The van der Waals surface area contributed by atoms with Gasteiger partial charge in [0, 0.05) is 27.7 Å². The Morgan fingerprint density at radius 2 is 1.61 bits per heavy atom. The molecule has 1 N–H and O–H groups in total. The van der Waals surface area contributed by atoms with Crippen molar-refractivity contribution in [1.29, 1.82) is 0 Å². The predicted octanol–water partition coefficient (Wildman–Crippen LogP) is 7.50. The van der Waals surface area contributed by atoms with Crippen LogP contribution >= 0.6 is 46.4 Å². The second-order valence-corrected chi connectivity index (χ2v) is 7.68. The summed E-state index contributed by atoms with van der Waals surface area (Å²) in [6.07, 6.45) is 0. The number of ether oxygens (including phenoxy) is 2. The first-order chi connectivity index (χ1) is 13.5. The van der Waals surface area contributed by atoms with Gasteiger partial charge in [-0.05, 0) is 47.5 Å². The molecule has 0 atom stereocenters. The van der Waals surface area contributed by atoms with Gasteiger partial charge >= 0.3 is 0 Å². The van der Waals surface area contributed by atoms with Gasteiger partial charge in [0.25, 0.3) is 0 Å². The van der Waals surface area contributed by atoms with Crippen molar-refractivity contribution in [3.63, 3.8) is 0 Å². The lowest BCUT2D eigenvalue weighted by molar-refractivity contribution is 0.284. The summed E-state index contributed by atoms with van der Waals surface area (Å²) >= 11 is 24.6. The molecule has 3 rings (SSSR count). The summed E-state index contributed by atoms with van der Waals surface area (Å²) < 4.78 is 11.3. The molecule has 0 unspecified atom stereocenters. The molecule has 3 aromatic carbocycles. The van der Waals surface area contributed by atoms with E-state index in [1.165, 1.54) is 0 Å². The van der Waals surface area contributed by atoms with Crippen LogP contribution in [-0.4, -0.2) is 7.11 Å². The number of nitrogens with one attached hydrogen (secondary N) is 1. The lowest BCUT2D eigenvalue weighted by Crippen LogP contribution is -2.03. The summed E-state index contributed by atoms with van der Waals surface area (Å²) in [5, 5.41) is 5.58. The average molecular weight is 457 g/mol. The van der Waals surface area contributed by atoms with Gasteiger partial charge in [-0.25, -0.2) is 0 Å². The van der Waals surface area contributed by atoms with E-state index in [4.69, 9.17) is 55.9 Å². The standard InChI is InChI=1S/C21H17Cl4NO2/c1-27-20-8-14(11-26-19-6-5-16(23)9-18(19)25)17(24)10-21(20)28-12-13-3-2-4-15(22)7-13/h2-10,26H,11-12H2,1H3. The molecule has 0 saturated heterocycles. The SMILES string of the molecule is COc1cc(CNc2ccc(Cl)cc2Cl)c(Cl)cc1OCc1cccc(Cl)c1. The monoisotopic (exact) mass is 455 g/mol. The number of benzene rings is 3. The van der Waals surface area contributed by atoms with Gasteiger partial charge in [-0.15, -0.1) is 0 Å². The van der Waals surface area contributed by atoms with Crippen LogP contribution in [0.5, 0.6) is 11.5 Å². The fourth-order valence-corrected chi connectivity index (χ4v) is 3.50. The van der Waals surface area contributed by atoms with Gasteiger partial charge in [0.1, 0.15) is 6.61 Å². The molecule has 0 aliphatic heterocycles. The lowest BCUT2D eigenvalue weighted by Gasteiger charge is -2.15. The molecule has 3 aromatic rings. The van der Waals surface area contributed by atoms with E-state index >= 15 is 0 Å². The van der Waals surface area contributed by atoms with E-state index in [1.54, 1.807) is 25.3 Å². The van der Waals surface area contributed by atoms with E-state index in [0.717, 1.165) is 16.8 Å². The van der Waals surface area contributed by atoms with E-state index in [0.29, 0.717) is 44.7 Å². The summed E-state index contributed by atoms with van der Waals surface area (Å²) in [6.45, 7) is 0.816. The summed E-state index contributed by atoms with van der Waals surface area (Å²) in [5.41, 5.74) is 2.57. The minimum atomic E-state index is 0.352. The molecule has 0 spiro atoms. The van der Waals surface area contributed by atoms with E-state index < -0.39 is 0 Å². The van der Waals surface area contributed by atoms with Crippen molar-refractivity contribution in [2.45, 2.75) is 13.2 Å². The highest BCUT2D eigenvalue weighted by molar-refractivity contribution is 6.36. The van der Waals surface area contributed by atoms with E-state index in [-0.39, 0.29) is 0 Å². The molecule has 0 aromatic heterocycles. The van der Waals surface area contributed by atoms with Crippen molar-refractivity contribution in [3.05, 3.63) is 85.8 Å². The highest BCUT2D eigenvalue weighted by Crippen LogP contribution is 2.35. The van der Waals surface area contributed by atoms with Gasteiger partial charge in [0.15, 0.2) is 11.5 Å². The van der Waals surface area contributed by atoms with Crippen LogP contribution in [-0.2, 0) is 13.2 Å². The van der Waals surface area contributed by atoms with Crippen LogP contribution in [0.3, 0.4) is 0 Å². The maximum absolute atomic E-state index is 6.45. The third-order valence-corrected chi connectivity index (χ3v) is 5.15. The third kappa shape index (κ3) is 5.39. The van der Waals surface area contributed by atoms with Crippen LogP contribution < -0.4 is 14.8 Å². The summed E-state index contributed by atoms with van der Waals surface area (Å²) in [5.74, 6) is 1.14. The predicted molar refractivity (Wildman–Crippen MR) is 118 cm³/mol. The largest absolute Gasteiger partial charge is 0.493 e. The van der Waals surface area contributed by atoms with Gasteiger partial charge in [-0.1, -0.05) is 58.5 Å². The number of hydrogen-bond donors (Lipinski definition) is 1. The van der Waals surface area contributed by atoms with Crippen LogP contribution in [0.4, 0.5) is 5.69 Å². The summed E-state index contributed by atoms with van der Waals surface area (Å²) in [7, 11) is 1.59. The van der Waals surface area contributed by atoms with Gasteiger partial charge in [0.2, 0.25) is 0 Å². The highest BCUT2D eigenvalue weighted by Gasteiger charge is 2.12. The van der Waals surface area contributed by atoms with E-state index in [9.17, 15) is 0 Å². The number of methoxy groups -OCH3 is 1. The maximum Gasteiger partial charge on any atom is 0.163 e. The molecular formula is C21H17Cl4NO2. The van der Waals surface area contributed by atoms with Crippen LogP contribution in [0.2, 0.25) is 20.1 Å². The van der Waals surface area contributed by atoms with Crippen molar-refractivity contribution in [3.8, 4) is 11.5 Å². The van der Waals surface area contributed by atoms with Crippen molar-refractivity contribution < 1.29 is 9.47 Å². The van der Waals surface area contributed by atoms with Crippen molar-refractivity contribution in [2.24, 2.45) is 0 Å². The number of hydrogen-bond acceptors (Lipinski definition) is 3. The first-order valence-electron chi connectivity index (χ1n) is 8.39. The first kappa shape index (κ1) is 20.9. The second-order valence-electron chi connectivity index (χ2n) is 5.99. The van der Waals surface area contributed by atoms with Gasteiger partial charge in [-0.2, -0.15) is 0 Å². The molecular weight excluding hydrogens is 440 g/mol. The average Bonchev–Trinajstić information content (AvgIpc) is 2.66. The molecule has 0 amide bonds. The summed E-state index contributed by atoms with van der Waals surface area (Å²) in [4.78, 5) is 0. The van der Waals surface area contributed by atoms with E-state index in [2.05, 4.69) is 5.32 Å². The van der Waals surface area contributed by atoms with E-state index in [1.807, 2.05) is 36.4 Å². The van der Waals surface area contributed by atoms with Crippen LogP contribution in [0.1, 0.15) is 11.1 Å². The molecule has 7 heteroatoms. The van der Waals surface area contributed by atoms with Crippen molar-refractivity contribution >= 4 is 52.1 Å². The molecule has 3 nitrogen and oxygen atoms in total. The maximum atomic E-state index is 6.45. The third-order valence-electron chi connectivity index (χ3n) is 4.02. The Bertz CT molecular complexity index is 979. The Morgan fingerprint density at radius 1 is 0.821 bits per heavy atom. The van der Waals surface area contributed by atoms with Gasteiger partial charge in [0.05, 0.1) is 17.8 Å². The minimum absolute atomic E-state index is 0.352. The molecule has 0 heterocycles. The molecule has 0 bridgehead atoms. The molecule has 0 fully saturated rings. The Hall–Kier alpha value is -1.78. The number of rotatable bonds is 7. The van der Waals surface area contributed by atoms with Crippen molar-refractivity contribution in [1.82, 2.24) is 0 Å². The van der Waals surface area contributed by atoms with Crippen molar-refractivity contribution in [2.75, 3.05) is 12.4 Å². The molecule has 0 aliphatic carbocycles. The van der Waals surface area contributed by atoms with Gasteiger partial charge < -0.3 is 14.8 Å². The summed E-state index contributed by atoms with van der Waals surface area (Å²) in [6, 6.07) is 16.3. The smallest absolute Gasteiger partial charge is 0.163 e. The number of anilines is 1. The molecule has 28 heavy (non-hydrogen) atoms.